The van der Waals surface area contributed by atoms with Crippen molar-refractivity contribution in [3.8, 4) is 0 Å². The van der Waals surface area contributed by atoms with E-state index in [9.17, 15) is 0 Å². The van der Waals surface area contributed by atoms with Gasteiger partial charge in [0.1, 0.15) is 0 Å². The Balaban J connectivity index is 3.06. The van der Waals surface area contributed by atoms with Gasteiger partial charge in [-0.2, -0.15) is 0 Å². The average Bonchev–Trinajstić information content (AvgIpc) is 2.04. The summed E-state index contributed by atoms with van der Waals surface area (Å²) in [6.07, 6.45) is 2.96. The minimum absolute atomic E-state index is 1.03. The molecule has 0 aliphatic rings. The largest absolute Gasteiger partial charge is 0.388 e. The molecule has 0 spiro atoms. The predicted molar refractivity (Wildman–Crippen MR) is 47.9 cm³/mol. The molecular weight excluding hydrogens is 136 g/mol. The number of rotatable bonds is 2. The summed E-state index contributed by atoms with van der Waals surface area (Å²) in [4.78, 5) is 4.22. The molecule has 0 radical (unpaired) electrons. The number of pyridine rings is 1. The van der Waals surface area contributed by atoms with Crippen LogP contribution in [0.3, 0.4) is 0 Å². The number of aromatic nitrogens is 1. The van der Waals surface area contributed by atoms with Crippen LogP contribution in [0.15, 0.2) is 12.3 Å². The van der Waals surface area contributed by atoms with E-state index in [4.69, 9.17) is 0 Å². The van der Waals surface area contributed by atoms with Crippen LogP contribution in [-0.2, 0) is 6.42 Å². The van der Waals surface area contributed by atoms with Gasteiger partial charge in [0.15, 0.2) is 0 Å². The fourth-order valence-corrected chi connectivity index (χ4v) is 1.10. The molecule has 60 valence electrons. The Labute approximate surface area is 67.7 Å². The van der Waals surface area contributed by atoms with Crippen molar-refractivity contribution < 1.29 is 0 Å². The number of hydrogen-bond donors (Lipinski definition) is 1. The van der Waals surface area contributed by atoms with E-state index in [2.05, 4.69) is 23.3 Å². The molecule has 1 aromatic heterocycles. The van der Waals surface area contributed by atoms with Crippen molar-refractivity contribution >= 4 is 5.69 Å². The van der Waals surface area contributed by atoms with Gasteiger partial charge in [0, 0.05) is 24.6 Å². The van der Waals surface area contributed by atoms with E-state index in [1.54, 1.807) is 0 Å². The van der Waals surface area contributed by atoms with Crippen molar-refractivity contribution in [3.63, 3.8) is 0 Å². The summed E-state index contributed by atoms with van der Waals surface area (Å²) in [6, 6.07) is 2.07. The van der Waals surface area contributed by atoms with Gasteiger partial charge in [-0.15, -0.1) is 0 Å². The van der Waals surface area contributed by atoms with Gasteiger partial charge in [0.25, 0.3) is 0 Å². The number of aryl methyl sites for hydroxylation is 2. The highest BCUT2D eigenvalue weighted by molar-refractivity contribution is 5.50. The molecule has 0 aromatic carbocycles. The van der Waals surface area contributed by atoms with Crippen LogP contribution in [0.5, 0.6) is 0 Å². The molecule has 11 heavy (non-hydrogen) atoms. The van der Waals surface area contributed by atoms with Gasteiger partial charge in [-0.05, 0) is 25.0 Å². The normalized spacial score (nSPS) is 9.73. The van der Waals surface area contributed by atoms with Crippen molar-refractivity contribution in [1.82, 2.24) is 4.98 Å². The first-order valence-electron chi connectivity index (χ1n) is 3.91. The fraction of sp³-hybridized carbons (Fsp3) is 0.444. The highest BCUT2D eigenvalue weighted by atomic mass is 14.8. The van der Waals surface area contributed by atoms with E-state index in [1.807, 2.05) is 20.2 Å². The lowest BCUT2D eigenvalue weighted by molar-refractivity contribution is 1.08. The van der Waals surface area contributed by atoms with Gasteiger partial charge in [-0.25, -0.2) is 0 Å². The molecule has 0 aliphatic carbocycles. The topological polar surface area (TPSA) is 24.9 Å². The Hall–Kier alpha value is -1.05. The van der Waals surface area contributed by atoms with Gasteiger partial charge in [-0.1, -0.05) is 6.92 Å². The predicted octanol–water partition coefficient (Wildman–Crippen LogP) is 1.99. The van der Waals surface area contributed by atoms with Crippen LogP contribution in [0.1, 0.15) is 18.2 Å². The number of nitrogens with zero attached hydrogens (tertiary/aromatic N) is 1. The molecule has 0 saturated heterocycles. The number of nitrogens with one attached hydrogen (secondary N) is 1. The second kappa shape index (κ2) is 3.37. The van der Waals surface area contributed by atoms with Crippen LogP contribution < -0.4 is 5.32 Å². The monoisotopic (exact) mass is 150 g/mol. The van der Waals surface area contributed by atoms with Crippen molar-refractivity contribution in [2.24, 2.45) is 0 Å². The molecule has 0 fully saturated rings. The molecule has 2 heteroatoms. The molecule has 1 aromatic rings. The number of hydrogen-bond acceptors (Lipinski definition) is 2. The molecule has 1 rings (SSSR count). The average molecular weight is 150 g/mol. The lowest BCUT2D eigenvalue weighted by atomic mass is 10.1. The summed E-state index contributed by atoms with van der Waals surface area (Å²) in [5, 5.41) is 3.15. The molecule has 2 nitrogen and oxygen atoms in total. The minimum Gasteiger partial charge on any atom is -0.388 e. The summed E-state index contributed by atoms with van der Waals surface area (Å²) in [5.41, 5.74) is 3.53. The first-order chi connectivity index (χ1) is 5.27. The smallest absolute Gasteiger partial charge is 0.0403 e. The molecule has 0 unspecified atom stereocenters. The first kappa shape index (κ1) is 8.05. The van der Waals surface area contributed by atoms with Crippen LogP contribution in [0.25, 0.3) is 0 Å². The molecule has 0 atom stereocenters. The summed E-state index contributed by atoms with van der Waals surface area (Å²) >= 11 is 0. The highest BCUT2D eigenvalue weighted by Gasteiger charge is 1.97. The van der Waals surface area contributed by atoms with Gasteiger partial charge >= 0.3 is 0 Å². The highest BCUT2D eigenvalue weighted by Crippen LogP contribution is 2.14. The molecule has 1 heterocycles. The maximum atomic E-state index is 4.22. The Kier molecular flexibility index (Phi) is 2.47. The second-order valence-corrected chi connectivity index (χ2v) is 2.59. The van der Waals surface area contributed by atoms with E-state index in [-0.39, 0.29) is 0 Å². The Morgan fingerprint density at radius 1 is 1.55 bits per heavy atom. The van der Waals surface area contributed by atoms with Crippen molar-refractivity contribution in [3.05, 3.63) is 23.5 Å². The maximum Gasteiger partial charge on any atom is 0.0403 e. The van der Waals surface area contributed by atoms with Crippen LogP contribution in [0.4, 0.5) is 5.69 Å². The Morgan fingerprint density at radius 2 is 2.27 bits per heavy atom. The minimum atomic E-state index is 1.03. The third-order valence-corrected chi connectivity index (χ3v) is 1.77. The van der Waals surface area contributed by atoms with Crippen molar-refractivity contribution in [2.75, 3.05) is 12.4 Å². The van der Waals surface area contributed by atoms with Crippen LogP contribution >= 0.6 is 0 Å². The molecule has 0 saturated carbocycles. The molecule has 0 amide bonds. The summed E-state index contributed by atoms with van der Waals surface area (Å²) in [5.74, 6) is 0. The van der Waals surface area contributed by atoms with Gasteiger partial charge in [-0.3, -0.25) is 4.98 Å². The van der Waals surface area contributed by atoms with E-state index < -0.39 is 0 Å². The molecule has 0 bridgehead atoms. The SMILES string of the molecule is CCc1cnc(C)cc1NC. The zero-order chi connectivity index (χ0) is 8.27. The zero-order valence-electron chi connectivity index (χ0n) is 7.31. The van der Waals surface area contributed by atoms with E-state index >= 15 is 0 Å². The van der Waals surface area contributed by atoms with Crippen LogP contribution in [0.2, 0.25) is 0 Å². The standard InChI is InChI=1S/C9H14N2/c1-4-8-6-11-7(2)5-9(8)10-3/h5-6H,4H2,1-3H3,(H,10,11). The van der Waals surface area contributed by atoms with Gasteiger partial charge in [0.05, 0.1) is 0 Å². The third-order valence-electron chi connectivity index (χ3n) is 1.77. The summed E-state index contributed by atoms with van der Waals surface area (Å²) in [7, 11) is 1.94. The Bertz CT molecular complexity index is 243. The van der Waals surface area contributed by atoms with Crippen LogP contribution in [0, 0.1) is 6.92 Å². The number of anilines is 1. The third kappa shape index (κ3) is 1.70. The van der Waals surface area contributed by atoms with Crippen LogP contribution in [-0.4, -0.2) is 12.0 Å². The lowest BCUT2D eigenvalue weighted by Gasteiger charge is -2.06. The van der Waals surface area contributed by atoms with E-state index in [1.165, 1.54) is 11.3 Å². The van der Waals surface area contributed by atoms with Crippen molar-refractivity contribution in [2.45, 2.75) is 20.3 Å². The second-order valence-electron chi connectivity index (χ2n) is 2.59. The quantitative estimate of drug-likeness (QED) is 0.697. The fourth-order valence-electron chi connectivity index (χ4n) is 1.10. The first-order valence-corrected chi connectivity index (χ1v) is 3.91. The van der Waals surface area contributed by atoms with E-state index in [0.717, 1.165) is 12.1 Å². The molecule has 0 aliphatic heterocycles. The summed E-state index contributed by atoms with van der Waals surface area (Å²) < 4.78 is 0. The summed E-state index contributed by atoms with van der Waals surface area (Å²) in [6.45, 7) is 4.13. The molecular formula is C9H14N2. The molecule has 1 N–H and O–H groups in total. The van der Waals surface area contributed by atoms with Gasteiger partial charge in [0.2, 0.25) is 0 Å². The van der Waals surface area contributed by atoms with Crippen molar-refractivity contribution in [1.29, 1.82) is 0 Å². The maximum absolute atomic E-state index is 4.22. The lowest BCUT2D eigenvalue weighted by Crippen LogP contribution is -1.96. The van der Waals surface area contributed by atoms with E-state index in [0.29, 0.717) is 0 Å². The van der Waals surface area contributed by atoms with Gasteiger partial charge < -0.3 is 5.32 Å². The zero-order valence-corrected chi connectivity index (χ0v) is 7.31. The Morgan fingerprint density at radius 3 is 2.82 bits per heavy atom.